The lowest BCUT2D eigenvalue weighted by Crippen LogP contribution is -2.51. The fraction of sp³-hybridized carbons (Fsp3) is 0.674. The third-order valence-electron chi connectivity index (χ3n) is 24.7. The van der Waals surface area contributed by atoms with E-state index in [-0.39, 0.29) is 257 Å². The summed E-state index contributed by atoms with van der Waals surface area (Å²) in [6.45, 7) is 11.1. The number of alkyl carbamates (subject to hydrolysis) is 2. The minimum Gasteiger partial charge on any atom is -0.480 e. The van der Waals surface area contributed by atoms with Gasteiger partial charge in [0.15, 0.2) is 0 Å². The number of carboxylic acids is 4. The Morgan fingerprint density at radius 1 is 0.363 bits per heavy atom. The maximum atomic E-state index is 13.2. The van der Waals surface area contributed by atoms with E-state index in [0.29, 0.717) is 145 Å². The van der Waals surface area contributed by atoms with Crippen LogP contribution in [0, 0.1) is 16.2 Å². The van der Waals surface area contributed by atoms with Crippen LogP contribution >= 0.6 is 0 Å². The van der Waals surface area contributed by atoms with E-state index in [2.05, 4.69) is 20.8 Å². The van der Waals surface area contributed by atoms with E-state index < -0.39 is 130 Å². The number of nitrogens with zero attached hydrogens (tertiary/aromatic N) is 9. The topological polar surface area (TPSA) is 634 Å². The summed E-state index contributed by atoms with van der Waals surface area (Å²) in [5, 5.41) is 48.2. The van der Waals surface area contributed by atoms with Crippen molar-refractivity contribution >= 4 is 125 Å². The average molecular weight is 2070 g/mol. The highest BCUT2D eigenvalue weighted by molar-refractivity contribution is 6.13. The third kappa shape index (κ3) is 44.6. The van der Waals surface area contributed by atoms with Crippen LogP contribution in [0.15, 0.2) is 60.8 Å². The number of ether oxygens (including phenoxy) is 11. The van der Waals surface area contributed by atoms with Gasteiger partial charge in [-0.15, -0.1) is 10.1 Å². The summed E-state index contributed by atoms with van der Waals surface area (Å²) in [7, 11) is 0. The quantitative estimate of drug-likeness (QED) is 0.0149. The number of hydrogen-bond acceptors (Lipinski definition) is 39. The maximum Gasteiger partial charge on any atom is 0.534 e. The minimum absolute atomic E-state index is 0.000102. The lowest BCUT2D eigenvalue weighted by atomic mass is 9.78. The van der Waals surface area contributed by atoms with E-state index >= 15 is 0 Å². The molecule has 51 heteroatoms. The van der Waals surface area contributed by atoms with Crippen LogP contribution in [0.5, 0.6) is 0 Å². The highest BCUT2D eigenvalue weighted by atomic mass is 16.8. The number of amides is 13. The smallest absolute Gasteiger partial charge is 0.480 e. The Hall–Kier alpha value is -12.3. The van der Waals surface area contributed by atoms with Gasteiger partial charge in [-0.05, 0) is 122 Å². The summed E-state index contributed by atoms with van der Waals surface area (Å²) >= 11 is 0. The minimum atomic E-state index is -1.20. The molecule has 0 aromatic heterocycles. The Morgan fingerprint density at radius 3 is 1.03 bits per heavy atom. The zero-order valence-corrected chi connectivity index (χ0v) is 82.9. The van der Waals surface area contributed by atoms with E-state index in [1.165, 1.54) is 24.3 Å². The van der Waals surface area contributed by atoms with Gasteiger partial charge in [0.1, 0.15) is 30.1 Å². The van der Waals surface area contributed by atoms with Crippen molar-refractivity contribution in [1.29, 1.82) is 0 Å². The number of allylic oxidation sites excluding steroid dienone is 3. The second-order valence-electron chi connectivity index (χ2n) is 36.0. The molecule has 0 aromatic rings. The predicted octanol–water partition coefficient (Wildman–Crippen LogP) is 1.52. The molecule has 51 nitrogen and oxygen atoms in total. The molecule has 0 spiro atoms. The first-order chi connectivity index (χ1) is 69.8. The van der Waals surface area contributed by atoms with Crippen LogP contribution in [0.2, 0.25) is 0 Å². The van der Waals surface area contributed by atoms with Crippen molar-refractivity contribution in [2.75, 3.05) is 210 Å². The van der Waals surface area contributed by atoms with Crippen molar-refractivity contribution in [3.8, 4) is 0 Å². The summed E-state index contributed by atoms with van der Waals surface area (Å²) in [5.74, 6) is -10.9. The number of imide groups is 5. The first kappa shape index (κ1) is 121. The zero-order valence-electron chi connectivity index (χ0n) is 82.9. The number of carboxylic acid groups (broad SMARTS) is 4. The summed E-state index contributed by atoms with van der Waals surface area (Å²) < 4.78 is 60.0. The van der Waals surface area contributed by atoms with Gasteiger partial charge in [-0.3, -0.25) is 111 Å². The number of ketones is 1. The van der Waals surface area contributed by atoms with E-state index in [1.54, 1.807) is 51.7 Å². The van der Waals surface area contributed by atoms with Gasteiger partial charge < -0.3 is 98.2 Å². The molecule has 9 aliphatic rings. The number of carbonyl (C=O) groups is 21. The molecule has 6 heterocycles. The van der Waals surface area contributed by atoms with Crippen LogP contribution in [-0.2, 0) is 153 Å². The van der Waals surface area contributed by atoms with Gasteiger partial charge in [0.05, 0.1) is 143 Å². The Bertz CT molecular complexity index is 4490. The van der Waals surface area contributed by atoms with Crippen molar-refractivity contribution in [3.63, 3.8) is 0 Å². The maximum absolute atomic E-state index is 13.2. The van der Waals surface area contributed by atoms with Crippen LogP contribution in [0.3, 0.4) is 0 Å². The SMILES string of the molecule is C[C@]1(C(=O)NCCOCCOCCOCCOCCCC(=O)CCC(C(=O)O)N2CCN(CC(=O)O)CCN(CC(=O)O)CCN(CC(=O)O)CC2)CC/C=C/[C@@H](OC(=O)NCCOCCOCCN2C(=O)C=CC2=O)CC1.C[C@]1(C(=O)ON2C(=O)CCC2=O)CC/C=C/[C@@H](OC(=O)NCCOCCOCCN2C(=O)C=CC2=O)CC1.C[C@]1(C(=O)ON2C(=O)CCC2=O)CC/C=C/[C@@H](OC(=O)ON2C(=O)CCC2=O)CC1. The number of carbonyl (C=O) groups excluding carboxylic acids is 17. The lowest BCUT2D eigenvalue weighted by molar-refractivity contribution is -0.205. The molecule has 1 unspecified atom stereocenters. The van der Waals surface area contributed by atoms with E-state index in [4.69, 9.17) is 61.8 Å². The average Bonchev–Trinajstić information content (AvgIpc) is 1.51. The number of rotatable bonds is 54. The van der Waals surface area contributed by atoms with Gasteiger partial charge in [-0.1, -0.05) is 30.2 Å². The van der Waals surface area contributed by atoms with Crippen molar-refractivity contribution in [2.45, 2.75) is 186 Å². The molecule has 13 amide bonds. The van der Waals surface area contributed by atoms with Gasteiger partial charge in [-0.25, -0.2) is 24.0 Å². The highest BCUT2D eigenvalue weighted by Crippen LogP contribution is 2.38. The molecule has 0 saturated carbocycles. The second-order valence-corrected chi connectivity index (χ2v) is 36.0. The molecular formula is C95H138N12O39. The van der Waals surface area contributed by atoms with Crippen LogP contribution < -0.4 is 16.0 Å². The molecular weight excluding hydrogens is 1930 g/mol. The molecule has 9 rings (SSSR count). The van der Waals surface area contributed by atoms with Gasteiger partial charge in [0.25, 0.3) is 59.1 Å². The third-order valence-corrected chi connectivity index (χ3v) is 24.7. The van der Waals surface area contributed by atoms with Gasteiger partial charge >= 0.3 is 54.2 Å². The molecule has 3 aliphatic carbocycles. The van der Waals surface area contributed by atoms with E-state index in [0.717, 1.165) is 9.80 Å². The summed E-state index contributed by atoms with van der Waals surface area (Å²) in [5.41, 5.74) is -2.62. The van der Waals surface area contributed by atoms with E-state index in [1.807, 2.05) is 25.2 Å². The Balaban J connectivity index is 0.000000346. The van der Waals surface area contributed by atoms with Crippen LogP contribution in [0.4, 0.5) is 14.4 Å². The zero-order chi connectivity index (χ0) is 106. The van der Waals surface area contributed by atoms with Crippen LogP contribution in [0.25, 0.3) is 0 Å². The van der Waals surface area contributed by atoms with Crippen molar-refractivity contribution in [2.24, 2.45) is 16.2 Å². The van der Waals surface area contributed by atoms with Gasteiger partial charge in [0.2, 0.25) is 5.91 Å². The molecule has 0 radical (unpaired) electrons. The van der Waals surface area contributed by atoms with Crippen LogP contribution in [0.1, 0.15) is 162 Å². The summed E-state index contributed by atoms with van der Waals surface area (Å²) in [4.78, 5) is 275. The Labute approximate surface area is 843 Å². The first-order valence-electron chi connectivity index (χ1n) is 48.9. The number of aliphatic carboxylic acids is 4. The van der Waals surface area contributed by atoms with Gasteiger partial charge in [-0.2, -0.15) is 0 Å². The second kappa shape index (κ2) is 64.6. The summed E-state index contributed by atoms with van der Waals surface area (Å²) in [6.07, 6.45) is 17.2. The van der Waals surface area contributed by atoms with Crippen molar-refractivity contribution in [1.82, 2.24) is 60.5 Å². The molecule has 6 aliphatic heterocycles. The molecule has 4 fully saturated rings. The molecule has 7 N–H and O–H groups in total. The number of hydrogen-bond donors (Lipinski definition) is 7. The first-order valence-corrected chi connectivity index (χ1v) is 48.9. The number of hydroxylamine groups is 6. The van der Waals surface area contributed by atoms with Gasteiger partial charge in [0, 0.05) is 160 Å². The molecule has 0 bridgehead atoms. The fourth-order valence-corrected chi connectivity index (χ4v) is 16.0. The predicted molar refractivity (Wildman–Crippen MR) is 500 cm³/mol. The van der Waals surface area contributed by atoms with Crippen LogP contribution in [-0.4, -0.2) is 425 Å². The number of Topliss-reactive ketones (excluding diaryl/α,β-unsaturated/α-hetero) is 1. The van der Waals surface area contributed by atoms with Crippen molar-refractivity contribution in [3.05, 3.63) is 60.8 Å². The molecule has 812 valence electrons. The fourth-order valence-electron chi connectivity index (χ4n) is 16.0. The van der Waals surface area contributed by atoms with E-state index in [9.17, 15) is 121 Å². The summed E-state index contributed by atoms with van der Waals surface area (Å²) in [6, 6.07) is -1.09. The highest BCUT2D eigenvalue weighted by Gasteiger charge is 2.45. The van der Waals surface area contributed by atoms with Crippen molar-refractivity contribution < 1.29 is 188 Å². The molecule has 146 heavy (non-hydrogen) atoms. The normalized spacial score (nSPS) is 23.0. The molecule has 7 atom stereocenters. The molecule has 4 saturated heterocycles. The Kier molecular flexibility index (Phi) is 53.4. The monoisotopic (exact) mass is 2070 g/mol. The molecule has 0 aromatic carbocycles. The standard InChI is InChI=1S/C51H83N7O20.C25H33N3O10.C19H22N2O9/c1-51(12-3-2-6-41(11-13-51)78-50(71)53-15-27-74-30-32-75-28-24-58-43(60)9-10-44(58)61)49(70)52-14-26-73-31-34-77-36-35-76-33-29-72-25-4-5-40(59)7-8-42(48(68)69)57-22-20-55(38-46(64)65)18-16-54(37-45(62)63)17-19-56(21-23-57)39-47(66)67;1-25(23(33)38-28-21(31)7-8-22(28)32)10-3-2-4-18(9-11-25)37-24(34)26-12-14-35-16-17-36-15-13-27-19(29)5-6-20(27)30;1-19(17(26)29-20-13(22)5-6-14(20)23)10-3-2-4-12(9-11-19)28-18(27)30-21-15(24)7-8-16(21)25/h2,6,9-10,41-42H,3-5,7-8,11-39H2,1H3,(H,52,70)(H,53,71)(H,62,63)(H,64,65)(H,66,67)(H,68,69);2,4-6,18H,3,7-17H2,1H3,(H,26,34);2,4,12H,3,5-11H2,1H3/b6-2+;2*4-2+/t41-,42?,51+;18-,25+;12-,19+/m111/s1. The largest absolute Gasteiger partial charge is 0.534 e. The lowest BCUT2D eigenvalue weighted by Gasteiger charge is -2.35. The Morgan fingerprint density at radius 2 is 0.671 bits per heavy atom. The number of nitrogens with one attached hydrogen (secondary N) is 3.